The predicted molar refractivity (Wildman–Crippen MR) is 101 cm³/mol. The van der Waals surface area contributed by atoms with Gasteiger partial charge in [0.05, 0.1) is 11.3 Å². The van der Waals surface area contributed by atoms with Gasteiger partial charge in [0.25, 0.3) is 0 Å². The number of halogens is 4. The molecule has 0 amide bonds. The average molecular weight is 437 g/mol. The third-order valence-corrected chi connectivity index (χ3v) is 4.55. The highest BCUT2D eigenvalue weighted by molar-refractivity contribution is 6.30. The number of aromatic nitrogens is 4. The monoisotopic (exact) mass is 436 g/mol. The van der Waals surface area contributed by atoms with Gasteiger partial charge in [0.15, 0.2) is 5.82 Å². The molecule has 0 atom stereocenters. The van der Waals surface area contributed by atoms with Crippen molar-refractivity contribution in [2.24, 2.45) is 0 Å². The first-order valence-electron chi connectivity index (χ1n) is 8.54. The molecule has 0 saturated heterocycles. The molecule has 0 N–H and O–H groups in total. The standard InChI is InChI=1S/C19H12ClF3N4O3/c1-10-6-18(28)30-16-8-12(3-4-13(10)16)29-9-17-24-25-26-27(17)15-5-2-11(20)7-14(15)19(21,22)23/h2-8H,9H2,1H3. The molecule has 0 spiro atoms. The van der Waals surface area contributed by atoms with E-state index in [1.807, 2.05) is 0 Å². The molecule has 0 saturated carbocycles. The number of ether oxygens (including phenoxy) is 1. The van der Waals surface area contributed by atoms with Crippen LogP contribution in [0.25, 0.3) is 16.7 Å². The molecular formula is C19H12ClF3N4O3. The number of rotatable bonds is 4. The molecule has 0 bridgehead atoms. The van der Waals surface area contributed by atoms with Crippen molar-refractivity contribution in [1.29, 1.82) is 0 Å². The van der Waals surface area contributed by atoms with E-state index < -0.39 is 17.4 Å². The molecule has 0 unspecified atom stereocenters. The summed E-state index contributed by atoms with van der Waals surface area (Å²) in [6.07, 6.45) is -4.65. The van der Waals surface area contributed by atoms with Crippen molar-refractivity contribution in [1.82, 2.24) is 20.2 Å². The molecule has 2 aromatic carbocycles. The molecule has 7 nitrogen and oxygen atoms in total. The number of hydrogen-bond acceptors (Lipinski definition) is 6. The van der Waals surface area contributed by atoms with Crippen molar-refractivity contribution in [2.75, 3.05) is 0 Å². The fraction of sp³-hybridized carbons (Fsp3) is 0.158. The third-order valence-electron chi connectivity index (χ3n) is 4.32. The van der Waals surface area contributed by atoms with E-state index in [1.165, 1.54) is 24.3 Å². The third kappa shape index (κ3) is 3.86. The number of hydrogen-bond donors (Lipinski definition) is 0. The normalized spacial score (nSPS) is 11.8. The lowest BCUT2D eigenvalue weighted by Crippen LogP contribution is -2.14. The van der Waals surface area contributed by atoms with Crippen LogP contribution in [0.3, 0.4) is 0 Å². The van der Waals surface area contributed by atoms with Gasteiger partial charge >= 0.3 is 11.8 Å². The Morgan fingerprint density at radius 1 is 1.17 bits per heavy atom. The van der Waals surface area contributed by atoms with Crippen LogP contribution in [0.2, 0.25) is 5.02 Å². The second-order valence-corrected chi connectivity index (χ2v) is 6.80. The molecule has 4 aromatic rings. The van der Waals surface area contributed by atoms with Crippen LogP contribution < -0.4 is 10.4 Å². The quantitative estimate of drug-likeness (QED) is 0.443. The van der Waals surface area contributed by atoms with Gasteiger partial charge in [-0.05, 0) is 53.2 Å². The first kappa shape index (κ1) is 19.9. The zero-order valence-electron chi connectivity index (χ0n) is 15.3. The molecule has 4 rings (SSSR count). The maximum Gasteiger partial charge on any atom is 0.418 e. The molecule has 30 heavy (non-hydrogen) atoms. The van der Waals surface area contributed by atoms with Gasteiger partial charge in [0.2, 0.25) is 0 Å². The van der Waals surface area contributed by atoms with Crippen LogP contribution in [0, 0.1) is 6.92 Å². The van der Waals surface area contributed by atoms with Gasteiger partial charge in [0, 0.05) is 22.5 Å². The number of alkyl halides is 3. The van der Waals surface area contributed by atoms with E-state index in [4.69, 9.17) is 20.8 Å². The van der Waals surface area contributed by atoms with Crippen LogP contribution in [0.1, 0.15) is 17.0 Å². The molecule has 0 radical (unpaired) electrons. The average Bonchev–Trinajstić information content (AvgIpc) is 3.13. The molecule has 2 heterocycles. The first-order chi connectivity index (χ1) is 14.2. The minimum atomic E-state index is -4.65. The van der Waals surface area contributed by atoms with Crippen LogP contribution in [0.4, 0.5) is 13.2 Å². The van der Waals surface area contributed by atoms with Crippen molar-refractivity contribution in [3.05, 3.63) is 74.9 Å². The van der Waals surface area contributed by atoms with Crippen molar-refractivity contribution in [2.45, 2.75) is 19.7 Å². The van der Waals surface area contributed by atoms with Gasteiger partial charge in [-0.25, -0.2) is 4.79 Å². The molecule has 0 aliphatic heterocycles. The summed E-state index contributed by atoms with van der Waals surface area (Å²) in [6, 6.07) is 9.55. The summed E-state index contributed by atoms with van der Waals surface area (Å²) in [6.45, 7) is 1.55. The van der Waals surface area contributed by atoms with Crippen molar-refractivity contribution in [3.63, 3.8) is 0 Å². The fourth-order valence-corrected chi connectivity index (χ4v) is 3.12. The Hall–Kier alpha value is -3.40. The molecule has 11 heteroatoms. The van der Waals surface area contributed by atoms with Crippen molar-refractivity contribution >= 4 is 22.6 Å². The lowest BCUT2D eigenvalue weighted by molar-refractivity contribution is -0.137. The Labute approximate surface area is 171 Å². The first-order valence-corrected chi connectivity index (χ1v) is 8.92. The fourth-order valence-electron chi connectivity index (χ4n) is 2.95. The second-order valence-electron chi connectivity index (χ2n) is 6.36. The van der Waals surface area contributed by atoms with Gasteiger partial charge in [-0.1, -0.05) is 11.6 Å². The van der Waals surface area contributed by atoms with E-state index in [1.54, 1.807) is 19.1 Å². The Morgan fingerprint density at radius 3 is 2.73 bits per heavy atom. The van der Waals surface area contributed by atoms with Crippen molar-refractivity contribution in [3.8, 4) is 11.4 Å². The van der Waals surface area contributed by atoms with Crippen LogP contribution in [0.15, 0.2) is 51.7 Å². The summed E-state index contributed by atoms with van der Waals surface area (Å²) in [5.74, 6) is 0.367. The van der Waals surface area contributed by atoms with Crippen LogP contribution in [-0.4, -0.2) is 20.2 Å². The van der Waals surface area contributed by atoms with Gasteiger partial charge in [0.1, 0.15) is 17.9 Å². The molecule has 0 fully saturated rings. The van der Waals surface area contributed by atoms with E-state index in [-0.39, 0.29) is 23.1 Å². The highest BCUT2D eigenvalue weighted by Gasteiger charge is 2.35. The molecule has 0 aliphatic carbocycles. The van der Waals surface area contributed by atoms with Crippen LogP contribution >= 0.6 is 11.6 Å². The Balaban J connectivity index is 1.64. The smallest absolute Gasteiger partial charge is 0.418 e. The SMILES string of the molecule is Cc1cc(=O)oc2cc(OCc3nnnn3-c3ccc(Cl)cc3C(F)(F)F)ccc12. The summed E-state index contributed by atoms with van der Waals surface area (Å²) < 4.78 is 51.9. The maximum absolute atomic E-state index is 13.4. The lowest BCUT2D eigenvalue weighted by Gasteiger charge is -2.14. The summed E-state index contributed by atoms with van der Waals surface area (Å²) in [5, 5.41) is 11.5. The number of benzene rings is 2. The van der Waals surface area contributed by atoms with Gasteiger partial charge in [-0.15, -0.1) is 5.10 Å². The Bertz CT molecular complexity index is 1300. The van der Waals surface area contributed by atoms with Gasteiger partial charge in [-0.2, -0.15) is 17.9 Å². The number of tetrazole rings is 1. The summed E-state index contributed by atoms with van der Waals surface area (Å²) in [5.41, 5.74) is -0.682. The van der Waals surface area contributed by atoms with E-state index in [0.717, 1.165) is 21.7 Å². The second kappa shape index (κ2) is 7.45. The van der Waals surface area contributed by atoms with E-state index in [2.05, 4.69) is 15.5 Å². The van der Waals surface area contributed by atoms with Gasteiger partial charge < -0.3 is 9.15 Å². The highest BCUT2D eigenvalue weighted by Crippen LogP contribution is 2.35. The highest BCUT2D eigenvalue weighted by atomic mass is 35.5. The van der Waals surface area contributed by atoms with Gasteiger partial charge in [-0.3, -0.25) is 0 Å². The summed E-state index contributed by atoms with van der Waals surface area (Å²) in [7, 11) is 0. The van der Waals surface area contributed by atoms with Crippen LogP contribution in [0.5, 0.6) is 5.75 Å². The van der Waals surface area contributed by atoms with E-state index in [0.29, 0.717) is 11.3 Å². The number of aryl methyl sites for hydroxylation is 1. The lowest BCUT2D eigenvalue weighted by atomic mass is 10.1. The Morgan fingerprint density at radius 2 is 1.97 bits per heavy atom. The molecule has 154 valence electrons. The van der Waals surface area contributed by atoms with Crippen molar-refractivity contribution < 1.29 is 22.3 Å². The number of nitrogens with zero attached hydrogens (tertiary/aromatic N) is 4. The molecule has 2 aromatic heterocycles. The van der Waals surface area contributed by atoms with Crippen LogP contribution in [-0.2, 0) is 12.8 Å². The molecule has 0 aliphatic rings. The topological polar surface area (TPSA) is 83.0 Å². The summed E-state index contributed by atoms with van der Waals surface area (Å²) in [4.78, 5) is 11.6. The predicted octanol–water partition coefficient (Wildman–Crippen LogP) is 4.33. The van der Waals surface area contributed by atoms with E-state index >= 15 is 0 Å². The summed E-state index contributed by atoms with van der Waals surface area (Å²) >= 11 is 5.72. The minimum Gasteiger partial charge on any atom is -0.485 e. The van der Waals surface area contributed by atoms with E-state index in [9.17, 15) is 18.0 Å². The zero-order chi connectivity index (χ0) is 21.5. The Kier molecular flexibility index (Phi) is 4.94. The minimum absolute atomic E-state index is 0.0358. The molecular weight excluding hydrogens is 425 g/mol. The zero-order valence-corrected chi connectivity index (χ0v) is 16.0. The maximum atomic E-state index is 13.4. The number of fused-ring (bicyclic) bond motifs is 1. The largest absolute Gasteiger partial charge is 0.485 e.